The van der Waals surface area contributed by atoms with E-state index >= 15 is 0 Å². The maximum Gasteiger partial charge on any atom is 0.151 e. The third kappa shape index (κ3) is 4.72. The van der Waals surface area contributed by atoms with Crippen LogP contribution in [-0.2, 0) is 9.84 Å². The van der Waals surface area contributed by atoms with E-state index in [-0.39, 0.29) is 6.04 Å². The highest BCUT2D eigenvalue weighted by atomic mass is 32.2. The SMILES string of the molecule is CC1CCC(NCCN(C)C2CCS(=O)(=O)C2)CC1. The summed E-state index contributed by atoms with van der Waals surface area (Å²) in [7, 11) is -0.702. The first-order chi connectivity index (χ1) is 8.96. The molecule has 1 unspecified atom stereocenters. The first kappa shape index (κ1) is 15.3. The van der Waals surface area contributed by atoms with E-state index in [0.29, 0.717) is 17.5 Å². The van der Waals surface area contributed by atoms with Crippen molar-refractivity contribution >= 4 is 9.84 Å². The number of nitrogens with one attached hydrogen (secondary N) is 1. The Labute approximate surface area is 117 Å². The zero-order chi connectivity index (χ0) is 13.9. The summed E-state index contributed by atoms with van der Waals surface area (Å²) in [5, 5.41) is 3.63. The summed E-state index contributed by atoms with van der Waals surface area (Å²) in [6.45, 7) is 4.27. The quantitative estimate of drug-likeness (QED) is 0.828. The second kappa shape index (κ2) is 6.55. The fourth-order valence-electron chi connectivity index (χ4n) is 3.21. The molecular weight excluding hydrogens is 260 g/mol. The van der Waals surface area contributed by atoms with Gasteiger partial charge in [-0.2, -0.15) is 0 Å². The Hall–Kier alpha value is -0.130. The summed E-state index contributed by atoms with van der Waals surface area (Å²) in [5.74, 6) is 1.62. The lowest BCUT2D eigenvalue weighted by molar-refractivity contribution is 0.245. The van der Waals surface area contributed by atoms with Crippen LogP contribution in [0.1, 0.15) is 39.0 Å². The van der Waals surface area contributed by atoms with Crippen LogP contribution < -0.4 is 5.32 Å². The molecule has 4 nitrogen and oxygen atoms in total. The molecule has 1 N–H and O–H groups in total. The van der Waals surface area contributed by atoms with E-state index in [1.54, 1.807) is 0 Å². The molecule has 0 aromatic rings. The van der Waals surface area contributed by atoms with E-state index in [4.69, 9.17) is 0 Å². The Balaban J connectivity index is 1.63. The van der Waals surface area contributed by atoms with E-state index in [0.717, 1.165) is 25.4 Å². The summed E-state index contributed by atoms with van der Waals surface area (Å²) in [4.78, 5) is 2.21. The largest absolute Gasteiger partial charge is 0.313 e. The van der Waals surface area contributed by atoms with Crippen molar-refractivity contribution in [2.45, 2.75) is 51.1 Å². The third-order valence-corrected chi connectivity index (χ3v) is 6.50. The number of hydrogen-bond donors (Lipinski definition) is 1. The van der Waals surface area contributed by atoms with Crippen molar-refractivity contribution < 1.29 is 8.42 Å². The lowest BCUT2D eigenvalue weighted by atomic mass is 9.87. The van der Waals surface area contributed by atoms with Crippen LogP contribution in [0.15, 0.2) is 0 Å². The molecule has 19 heavy (non-hydrogen) atoms. The number of likely N-dealkylation sites (N-methyl/N-ethyl adjacent to an activating group) is 1. The molecule has 2 aliphatic rings. The van der Waals surface area contributed by atoms with Gasteiger partial charge in [-0.1, -0.05) is 6.92 Å². The van der Waals surface area contributed by atoms with Crippen molar-refractivity contribution in [3.63, 3.8) is 0 Å². The van der Waals surface area contributed by atoms with E-state index in [1.165, 1.54) is 25.7 Å². The van der Waals surface area contributed by atoms with Crippen LogP contribution in [-0.4, -0.2) is 57.0 Å². The molecule has 1 aliphatic heterocycles. The zero-order valence-electron chi connectivity index (χ0n) is 12.3. The topological polar surface area (TPSA) is 49.4 Å². The van der Waals surface area contributed by atoms with E-state index in [9.17, 15) is 8.42 Å². The van der Waals surface area contributed by atoms with Gasteiger partial charge in [-0.3, -0.25) is 0 Å². The van der Waals surface area contributed by atoms with Gasteiger partial charge in [-0.25, -0.2) is 8.42 Å². The van der Waals surface area contributed by atoms with Gasteiger partial charge in [0.05, 0.1) is 11.5 Å². The van der Waals surface area contributed by atoms with Crippen molar-refractivity contribution in [1.82, 2.24) is 10.2 Å². The van der Waals surface area contributed by atoms with Gasteiger partial charge in [-0.05, 0) is 45.1 Å². The number of rotatable bonds is 5. The fraction of sp³-hybridized carbons (Fsp3) is 1.00. The molecule has 0 bridgehead atoms. The zero-order valence-corrected chi connectivity index (χ0v) is 13.1. The molecule has 1 atom stereocenters. The predicted octanol–water partition coefficient (Wildman–Crippen LogP) is 1.27. The van der Waals surface area contributed by atoms with E-state index in [1.807, 2.05) is 0 Å². The minimum atomic E-state index is -2.75. The van der Waals surface area contributed by atoms with Crippen LogP contribution >= 0.6 is 0 Å². The molecule has 0 aromatic carbocycles. The summed E-state index contributed by atoms with van der Waals surface area (Å²) in [6.07, 6.45) is 6.08. The first-order valence-electron chi connectivity index (χ1n) is 7.60. The van der Waals surface area contributed by atoms with Crippen LogP contribution in [0, 0.1) is 5.92 Å². The number of sulfone groups is 1. The molecule has 1 saturated carbocycles. The fourth-order valence-corrected chi connectivity index (χ4v) is 5.02. The summed E-state index contributed by atoms with van der Waals surface area (Å²) in [5.41, 5.74) is 0. The van der Waals surface area contributed by atoms with Crippen LogP contribution in [0.25, 0.3) is 0 Å². The molecular formula is C14H28N2O2S. The minimum Gasteiger partial charge on any atom is -0.313 e. The number of hydrogen-bond acceptors (Lipinski definition) is 4. The van der Waals surface area contributed by atoms with Crippen molar-refractivity contribution in [3.05, 3.63) is 0 Å². The van der Waals surface area contributed by atoms with E-state index in [2.05, 4.69) is 24.2 Å². The Morgan fingerprint density at radius 3 is 2.42 bits per heavy atom. The van der Waals surface area contributed by atoms with Crippen molar-refractivity contribution in [1.29, 1.82) is 0 Å². The van der Waals surface area contributed by atoms with Gasteiger partial charge < -0.3 is 10.2 Å². The third-order valence-electron chi connectivity index (χ3n) is 4.75. The minimum absolute atomic E-state index is 0.234. The lowest BCUT2D eigenvalue weighted by Crippen LogP contribution is -2.41. The molecule has 0 spiro atoms. The highest BCUT2D eigenvalue weighted by molar-refractivity contribution is 7.91. The normalized spacial score (nSPS) is 34.8. The van der Waals surface area contributed by atoms with Crippen LogP contribution in [0.3, 0.4) is 0 Å². The van der Waals surface area contributed by atoms with Gasteiger partial charge in [0.15, 0.2) is 9.84 Å². The standard InChI is InChI=1S/C14H28N2O2S/c1-12-3-5-13(6-4-12)15-8-9-16(2)14-7-10-19(17,18)11-14/h12-15H,3-11H2,1-2H3. The predicted molar refractivity (Wildman–Crippen MR) is 79.1 cm³/mol. The maximum absolute atomic E-state index is 11.5. The average molecular weight is 288 g/mol. The molecule has 112 valence electrons. The van der Waals surface area contributed by atoms with Crippen molar-refractivity contribution in [3.8, 4) is 0 Å². The molecule has 0 aromatic heterocycles. The monoisotopic (exact) mass is 288 g/mol. The highest BCUT2D eigenvalue weighted by Crippen LogP contribution is 2.23. The van der Waals surface area contributed by atoms with E-state index < -0.39 is 9.84 Å². The first-order valence-corrected chi connectivity index (χ1v) is 9.42. The molecule has 2 fully saturated rings. The van der Waals surface area contributed by atoms with Gasteiger partial charge in [0, 0.05) is 25.2 Å². The average Bonchev–Trinajstić information content (AvgIpc) is 2.72. The molecule has 2 rings (SSSR count). The van der Waals surface area contributed by atoms with Crippen LogP contribution in [0.4, 0.5) is 0 Å². The molecule has 1 aliphatic carbocycles. The Morgan fingerprint density at radius 1 is 1.16 bits per heavy atom. The van der Waals surface area contributed by atoms with Gasteiger partial charge in [0.25, 0.3) is 0 Å². The van der Waals surface area contributed by atoms with Crippen molar-refractivity contribution in [2.24, 2.45) is 5.92 Å². The van der Waals surface area contributed by atoms with Gasteiger partial charge in [-0.15, -0.1) is 0 Å². The van der Waals surface area contributed by atoms with Crippen LogP contribution in [0.2, 0.25) is 0 Å². The molecule has 0 radical (unpaired) electrons. The second-order valence-electron chi connectivity index (χ2n) is 6.45. The van der Waals surface area contributed by atoms with Crippen molar-refractivity contribution in [2.75, 3.05) is 31.6 Å². The second-order valence-corrected chi connectivity index (χ2v) is 8.68. The van der Waals surface area contributed by atoms with Crippen LogP contribution in [0.5, 0.6) is 0 Å². The molecule has 0 amide bonds. The molecule has 1 saturated heterocycles. The Morgan fingerprint density at radius 2 is 1.84 bits per heavy atom. The van der Waals surface area contributed by atoms with Gasteiger partial charge in [0.1, 0.15) is 0 Å². The molecule has 1 heterocycles. The maximum atomic E-state index is 11.5. The smallest absolute Gasteiger partial charge is 0.151 e. The van der Waals surface area contributed by atoms with Gasteiger partial charge in [0.2, 0.25) is 0 Å². The summed E-state index contributed by atoms with van der Waals surface area (Å²) >= 11 is 0. The van der Waals surface area contributed by atoms with Gasteiger partial charge >= 0.3 is 0 Å². The Bertz CT molecular complexity index is 375. The highest BCUT2D eigenvalue weighted by Gasteiger charge is 2.30. The summed E-state index contributed by atoms with van der Waals surface area (Å²) in [6, 6.07) is 0.912. The molecule has 5 heteroatoms. The Kier molecular flexibility index (Phi) is 5.26. The number of nitrogens with zero attached hydrogens (tertiary/aromatic N) is 1. The summed E-state index contributed by atoms with van der Waals surface area (Å²) < 4.78 is 22.9. The lowest BCUT2D eigenvalue weighted by Gasteiger charge is -2.29.